The highest BCUT2D eigenvalue weighted by Crippen LogP contribution is 2.24. The molecule has 0 aliphatic carbocycles. The van der Waals surface area contributed by atoms with E-state index in [9.17, 15) is 8.42 Å². The molecule has 118 valence electrons. The normalized spacial score (nSPS) is 18.2. The third-order valence-electron chi connectivity index (χ3n) is 4.18. The lowest BCUT2D eigenvalue weighted by molar-refractivity contribution is 0.364. The lowest BCUT2D eigenvalue weighted by Gasteiger charge is -2.25. The predicted octanol–water partition coefficient (Wildman–Crippen LogP) is 2.66. The summed E-state index contributed by atoms with van der Waals surface area (Å²) in [6, 6.07) is 5.58. The van der Waals surface area contributed by atoms with Gasteiger partial charge in [-0.25, -0.2) is 8.42 Å². The summed E-state index contributed by atoms with van der Waals surface area (Å²) in [6.07, 6.45) is 6.09. The first-order valence-electron chi connectivity index (χ1n) is 7.91. The van der Waals surface area contributed by atoms with Crippen molar-refractivity contribution in [3.05, 3.63) is 29.3 Å². The highest BCUT2D eigenvalue weighted by atomic mass is 32.2. The predicted molar refractivity (Wildman–Crippen MR) is 85.6 cm³/mol. The Balaban J connectivity index is 2.36. The number of sulfonamides is 1. The van der Waals surface area contributed by atoms with Crippen molar-refractivity contribution in [3.8, 4) is 0 Å². The van der Waals surface area contributed by atoms with Gasteiger partial charge in [0.1, 0.15) is 0 Å². The Kier molecular flexibility index (Phi) is 5.79. The van der Waals surface area contributed by atoms with Crippen LogP contribution in [0.5, 0.6) is 0 Å². The zero-order valence-electron chi connectivity index (χ0n) is 12.8. The van der Waals surface area contributed by atoms with E-state index in [1.54, 1.807) is 10.4 Å². The molecule has 4 nitrogen and oxygen atoms in total. The van der Waals surface area contributed by atoms with Gasteiger partial charge in [0.05, 0.1) is 4.90 Å². The van der Waals surface area contributed by atoms with Crippen LogP contribution in [0.3, 0.4) is 0 Å². The summed E-state index contributed by atoms with van der Waals surface area (Å²) in [5.74, 6) is 0. The molecule has 2 N–H and O–H groups in total. The van der Waals surface area contributed by atoms with Crippen molar-refractivity contribution in [1.82, 2.24) is 4.31 Å². The summed E-state index contributed by atoms with van der Waals surface area (Å²) < 4.78 is 27.6. The fourth-order valence-corrected chi connectivity index (χ4v) is 4.72. The zero-order valence-corrected chi connectivity index (χ0v) is 13.7. The zero-order chi connectivity index (χ0) is 15.3. The minimum Gasteiger partial charge on any atom is -0.326 e. The molecule has 0 unspecified atom stereocenters. The SMILES string of the molecule is CCc1ccc(CN)cc1S(=O)(=O)N1CCCCCCC1. The lowest BCUT2D eigenvalue weighted by Crippen LogP contribution is -2.34. The summed E-state index contributed by atoms with van der Waals surface area (Å²) in [5, 5.41) is 0. The highest BCUT2D eigenvalue weighted by Gasteiger charge is 2.26. The molecule has 0 atom stereocenters. The van der Waals surface area contributed by atoms with Crippen LogP contribution < -0.4 is 5.73 Å². The van der Waals surface area contributed by atoms with Crippen molar-refractivity contribution >= 4 is 10.0 Å². The van der Waals surface area contributed by atoms with E-state index >= 15 is 0 Å². The molecule has 0 bridgehead atoms. The Labute approximate surface area is 128 Å². The molecule has 2 rings (SSSR count). The Bertz CT molecular complexity index is 562. The Morgan fingerprint density at radius 2 is 1.71 bits per heavy atom. The number of nitrogens with two attached hydrogens (primary N) is 1. The second kappa shape index (κ2) is 7.38. The van der Waals surface area contributed by atoms with Crippen molar-refractivity contribution < 1.29 is 8.42 Å². The van der Waals surface area contributed by atoms with E-state index < -0.39 is 10.0 Å². The van der Waals surface area contributed by atoms with Gasteiger partial charge in [-0.15, -0.1) is 0 Å². The summed E-state index contributed by atoms with van der Waals surface area (Å²) in [6.45, 7) is 3.63. The summed E-state index contributed by atoms with van der Waals surface area (Å²) >= 11 is 0. The number of hydrogen-bond acceptors (Lipinski definition) is 3. The van der Waals surface area contributed by atoms with Crippen molar-refractivity contribution in [1.29, 1.82) is 0 Å². The van der Waals surface area contributed by atoms with Gasteiger partial charge in [-0.1, -0.05) is 38.3 Å². The summed E-state index contributed by atoms with van der Waals surface area (Å²) in [5.41, 5.74) is 7.43. The molecular weight excluding hydrogens is 284 g/mol. The molecule has 1 fully saturated rings. The second-order valence-corrected chi connectivity index (χ2v) is 7.58. The fraction of sp³-hybridized carbons (Fsp3) is 0.625. The Morgan fingerprint density at radius 1 is 1.10 bits per heavy atom. The molecule has 1 aliphatic rings. The topological polar surface area (TPSA) is 63.4 Å². The summed E-state index contributed by atoms with van der Waals surface area (Å²) in [4.78, 5) is 0.452. The molecule has 5 heteroatoms. The molecule has 1 aliphatic heterocycles. The monoisotopic (exact) mass is 310 g/mol. The molecule has 1 saturated heterocycles. The minimum absolute atomic E-state index is 0.368. The number of benzene rings is 1. The van der Waals surface area contributed by atoms with Gasteiger partial charge in [0, 0.05) is 19.6 Å². The molecule has 0 aromatic heterocycles. The molecule has 0 saturated carbocycles. The molecule has 0 spiro atoms. The van der Waals surface area contributed by atoms with Crippen LogP contribution in [0.1, 0.15) is 50.2 Å². The smallest absolute Gasteiger partial charge is 0.243 e. The van der Waals surface area contributed by atoms with Gasteiger partial charge in [-0.3, -0.25) is 0 Å². The van der Waals surface area contributed by atoms with Crippen LogP contribution in [0.2, 0.25) is 0 Å². The van der Waals surface area contributed by atoms with Gasteiger partial charge < -0.3 is 5.73 Å². The van der Waals surface area contributed by atoms with Gasteiger partial charge in [0.15, 0.2) is 0 Å². The number of aryl methyl sites for hydroxylation is 1. The molecule has 1 heterocycles. The quantitative estimate of drug-likeness (QED) is 0.930. The maximum atomic E-state index is 13.0. The molecule has 0 radical (unpaired) electrons. The number of hydrogen-bond donors (Lipinski definition) is 1. The van der Waals surface area contributed by atoms with Gasteiger partial charge in [-0.05, 0) is 36.5 Å². The first-order valence-corrected chi connectivity index (χ1v) is 9.35. The Hall–Kier alpha value is -0.910. The van der Waals surface area contributed by atoms with Crippen molar-refractivity contribution in [3.63, 3.8) is 0 Å². The van der Waals surface area contributed by atoms with E-state index in [-0.39, 0.29) is 0 Å². The average Bonchev–Trinajstić information content (AvgIpc) is 2.45. The minimum atomic E-state index is -3.40. The molecule has 1 aromatic rings. The van der Waals surface area contributed by atoms with Crippen LogP contribution in [0, 0.1) is 0 Å². The standard InChI is InChI=1S/C16H26N2O2S/c1-2-15-9-8-14(13-17)12-16(15)21(19,20)18-10-6-4-3-5-7-11-18/h8-9,12H,2-7,10-11,13,17H2,1H3. The lowest BCUT2D eigenvalue weighted by atomic mass is 10.1. The van der Waals surface area contributed by atoms with Gasteiger partial charge in [0.2, 0.25) is 10.0 Å². The van der Waals surface area contributed by atoms with Crippen molar-refractivity contribution in [2.45, 2.75) is 56.9 Å². The van der Waals surface area contributed by atoms with Crippen LogP contribution in [-0.2, 0) is 23.0 Å². The average molecular weight is 310 g/mol. The van der Waals surface area contributed by atoms with Crippen molar-refractivity contribution in [2.75, 3.05) is 13.1 Å². The van der Waals surface area contributed by atoms with E-state index in [0.717, 1.165) is 36.8 Å². The van der Waals surface area contributed by atoms with Gasteiger partial charge in [0.25, 0.3) is 0 Å². The molecular formula is C16H26N2O2S. The highest BCUT2D eigenvalue weighted by molar-refractivity contribution is 7.89. The van der Waals surface area contributed by atoms with E-state index in [0.29, 0.717) is 31.0 Å². The third kappa shape index (κ3) is 3.84. The summed E-state index contributed by atoms with van der Waals surface area (Å²) in [7, 11) is -3.40. The van der Waals surface area contributed by atoms with E-state index in [2.05, 4.69) is 0 Å². The van der Waals surface area contributed by atoms with Gasteiger partial charge in [-0.2, -0.15) is 4.31 Å². The maximum absolute atomic E-state index is 13.0. The van der Waals surface area contributed by atoms with Crippen LogP contribution in [0.4, 0.5) is 0 Å². The Morgan fingerprint density at radius 3 is 2.29 bits per heavy atom. The number of rotatable bonds is 4. The first-order chi connectivity index (χ1) is 10.1. The number of nitrogens with zero attached hydrogens (tertiary/aromatic N) is 1. The largest absolute Gasteiger partial charge is 0.326 e. The van der Waals surface area contributed by atoms with Crippen LogP contribution in [-0.4, -0.2) is 25.8 Å². The van der Waals surface area contributed by atoms with Crippen molar-refractivity contribution in [2.24, 2.45) is 5.73 Å². The molecule has 1 aromatic carbocycles. The molecule has 0 amide bonds. The van der Waals surface area contributed by atoms with E-state index in [1.807, 2.05) is 19.1 Å². The van der Waals surface area contributed by atoms with Crippen LogP contribution >= 0.6 is 0 Å². The van der Waals surface area contributed by atoms with E-state index in [4.69, 9.17) is 5.73 Å². The fourth-order valence-electron chi connectivity index (χ4n) is 2.86. The maximum Gasteiger partial charge on any atom is 0.243 e. The van der Waals surface area contributed by atoms with E-state index in [1.165, 1.54) is 6.42 Å². The van der Waals surface area contributed by atoms with Gasteiger partial charge >= 0.3 is 0 Å². The first kappa shape index (κ1) is 16.5. The van der Waals surface area contributed by atoms with Crippen LogP contribution in [0.15, 0.2) is 23.1 Å². The molecule has 21 heavy (non-hydrogen) atoms. The third-order valence-corrected chi connectivity index (χ3v) is 6.16. The second-order valence-electron chi connectivity index (χ2n) is 5.67. The van der Waals surface area contributed by atoms with Crippen LogP contribution in [0.25, 0.3) is 0 Å².